The molecular formula is C19H23N3O. The van der Waals surface area contributed by atoms with Gasteiger partial charge in [-0.1, -0.05) is 24.3 Å². The van der Waals surface area contributed by atoms with Crippen molar-refractivity contribution in [2.75, 3.05) is 30.8 Å². The van der Waals surface area contributed by atoms with Gasteiger partial charge in [0.1, 0.15) is 5.82 Å². The summed E-state index contributed by atoms with van der Waals surface area (Å²) in [4.78, 5) is 6.83. The molecule has 2 heterocycles. The fourth-order valence-corrected chi connectivity index (χ4v) is 4.29. The highest BCUT2D eigenvalue weighted by Gasteiger charge is 2.45. The lowest BCUT2D eigenvalue weighted by Gasteiger charge is -2.40. The molecule has 1 atom stereocenters. The molecule has 1 aliphatic heterocycles. The SMILES string of the molecule is COC1CC2(CCN(c3cc(N)ccn3)CC2)c2ccccc21. The number of rotatable bonds is 2. The first-order chi connectivity index (χ1) is 11.2. The first-order valence-corrected chi connectivity index (χ1v) is 8.30. The van der Waals surface area contributed by atoms with Gasteiger partial charge in [0.2, 0.25) is 0 Å². The summed E-state index contributed by atoms with van der Waals surface area (Å²) in [6.07, 6.45) is 5.41. The molecule has 2 N–H and O–H groups in total. The number of fused-ring (bicyclic) bond motifs is 2. The zero-order valence-corrected chi connectivity index (χ0v) is 13.5. The second-order valence-electron chi connectivity index (χ2n) is 6.73. The molecule has 4 nitrogen and oxygen atoms in total. The molecule has 1 spiro atoms. The molecule has 120 valence electrons. The fourth-order valence-electron chi connectivity index (χ4n) is 4.29. The molecule has 0 radical (unpaired) electrons. The number of methoxy groups -OCH3 is 1. The molecule has 0 bridgehead atoms. The lowest BCUT2D eigenvalue weighted by atomic mass is 9.73. The van der Waals surface area contributed by atoms with E-state index in [2.05, 4.69) is 34.1 Å². The number of hydrogen-bond donors (Lipinski definition) is 1. The maximum absolute atomic E-state index is 5.90. The van der Waals surface area contributed by atoms with Crippen LogP contribution in [0.1, 0.15) is 36.5 Å². The maximum atomic E-state index is 5.90. The van der Waals surface area contributed by atoms with Crippen LogP contribution in [-0.2, 0) is 10.2 Å². The van der Waals surface area contributed by atoms with Crippen molar-refractivity contribution in [1.82, 2.24) is 4.98 Å². The molecule has 1 aromatic carbocycles. The predicted molar refractivity (Wildman–Crippen MR) is 92.6 cm³/mol. The first-order valence-electron chi connectivity index (χ1n) is 8.30. The van der Waals surface area contributed by atoms with Crippen molar-refractivity contribution in [3.8, 4) is 0 Å². The van der Waals surface area contributed by atoms with E-state index in [1.54, 1.807) is 6.20 Å². The van der Waals surface area contributed by atoms with Crippen LogP contribution < -0.4 is 10.6 Å². The van der Waals surface area contributed by atoms with E-state index >= 15 is 0 Å². The second-order valence-corrected chi connectivity index (χ2v) is 6.73. The van der Waals surface area contributed by atoms with Gasteiger partial charge in [-0.2, -0.15) is 0 Å². The number of nitrogen functional groups attached to an aromatic ring is 1. The molecule has 1 unspecified atom stereocenters. The van der Waals surface area contributed by atoms with Crippen LogP contribution in [0.4, 0.5) is 11.5 Å². The third kappa shape index (κ3) is 2.38. The van der Waals surface area contributed by atoms with Crippen molar-refractivity contribution in [1.29, 1.82) is 0 Å². The standard InChI is InChI=1S/C19H23N3O/c1-23-17-13-19(16-5-3-2-4-15(16)17)7-10-22(11-8-19)18-12-14(20)6-9-21-18/h2-6,9,12,17H,7-8,10-11,13H2,1H3,(H2,20,21). The fraction of sp³-hybridized carbons (Fsp3) is 0.421. The molecule has 1 fully saturated rings. The van der Waals surface area contributed by atoms with Gasteiger partial charge in [-0.25, -0.2) is 4.98 Å². The summed E-state index contributed by atoms with van der Waals surface area (Å²) in [6, 6.07) is 12.6. The summed E-state index contributed by atoms with van der Waals surface area (Å²) in [6.45, 7) is 2.03. The van der Waals surface area contributed by atoms with Crippen molar-refractivity contribution in [2.24, 2.45) is 0 Å². The Labute approximate surface area is 137 Å². The molecule has 1 aliphatic carbocycles. The molecule has 0 saturated carbocycles. The monoisotopic (exact) mass is 309 g/mol. The van der Waals surface area contributed by atoms with Crippen LogP contribution in [-0.4, -0.2) is 25.2 Å². The number of nitrogens with zero attached hydrogens (tertiary/aromatic N) is 2. The highest BCUT2D eigenvalue weighted by atomic mass is 16.5. The van der Waals surface area contributed by atoms with E-state index < -0.39 is 0 Å². The highest BCUT2D eigenvalue weighted by molar-refractivity contribution is 5.51. The van der Waals surface area contributed by atoms with Gasteiger partial charge in [0, 0.05) is 43.6 Å². The summed E-state index contributed by atoms with van der Waals surface area (Å²) in [5.74, 6) is 0.995. The summed E-state index contributed by atoms with van der Waals surface area (Å²) in [5.41, 5.74) is 9.81. The summed E-state index contributed by atoms with van der Waals surface area (Å²) in [5, 5.41) is 0. The van der Waals surface area contributed by atoms with Gasteiger partial charge in [-0.3, -0.25) is 0 Å². The lowest BCUT2D eigenvalue weighted by Crippen LogP contribution is -2.42. The van der Waals surface area contributed by atoms with Gasteiger partial charge in [0.05, 0.1) is 6.10 Å². The third-order valence-electron chi connectivity index (χ3n) is 5.55. The van der Waals surface area contributed by atoms with Crippen LogP contribution in [0.15, 0.2) is 42.6 Å². The molecule has 1 aromatic heterocycles. The van der Waals surface area contributed by atoms with Gasteiger partial charge >= 0.3 is 0 Å². The molecule has 1 saturated heterocycles. The lowest BCUT2D eigenvalue weighted by molar-refractivity contribution is 0.0840. The summed E-state index contributed by atoms with van der Waals surface area (Å²) in [7, 11) is 1.83. The third-order valence-corrected chi connectivity index (χ3v) is 5.55. The Bertz CT molecular complexity index is 707. The van der Waals surface area contributed by atoms with E-state index in [4.69, 9.17) is 10.5 Å². The Kier molecular flexibility index (Phi) is 3.49. The van der Waals surface area contributed by atoms with E-state index in [9.17, 15) is 0 Å². The molecule has 0 amide bonds. The minimum atomic E-state index is 0.239. The zero-order chi connectivity index (χ0) is 15.9. The quantitative estimate of drug-likeness (QED) is 0.925. The van der Waals surface area contributed by atoms with Crippen LogP contribution >= 0.6 is 0 Å². The summed E-state index contributed by atoms with van der Waals surface area (Å²) >= 11 is 0. The van der Waals surface area contributed by atoms with Gasteiger partial charge in [-0.05, 0) is 36.5 Å². The summed E-state index contributed by atoms with van der Waals surface area (Å²) < 4.78 is 5.75. The average molecular weight is 309 g/mol. The molecule has 2 aliphatic rings. The Morgan fingerprint density at radius 2 is 2.00 bits per heavy atom. The normalized spacial score (nSPS) is 22.3. The first kappa shape index (κ1) is 14.5. The molecule has 4 heteroatoms. The number of nitrogens with two attached hydrogens (primary N) is 1. The van der Waals surface area contributed by atoms with Crippen molar-refractivity contribution < 1.29 is 4.74 Å². The topological polar surface area (TPSA) is 51.4 Å². The second kappa shape index (κ2) is 5.53. The number of anilines is 2. The van der Waals surface area contributed by atoms with E-state index in [1.165, 1.54) is 11.1 Å². The van der Waals surface area contributed by atoms with E-state index in [0.717, 1.165) is 43.9 Å². The number of aromatic nitrogens is 1. The van der Waals surface area contributed by atoms with Crippen LogP contribution in [0, 0.1) is 0 Å². The molecular weight excluding hydrogens is 286 g/mol. The Morgan fingerprint density at radius 3 is 2.74 bits per heavy atom. The van der Waals surface area contributed by atoms with Crippen LogP contribution in [0.2, 0.25) is 0 Å². The van der Waals surface area contributed by atoms with E-state index in [-0.39, 0.29) is 11.5 Å². The van der Waals surface area contributed by atoms with Crippen molar-refractivity contribution in [3.05, 3.63) is 53.7 Å². The maximum Gasteiger partial charge on any atom is 0.130 e. The Hall–Kier alpha value is -2.07. The van der Waals surface area contributed by atoms with E-state index in [0.29, 0.717) is 0 Å². The van der Waals surface area contributed by atoms with Crippen LogP contribution in [0.3, 0.4) is 0 Å². The predicted octanol–water partition coefficient (Wildman–Crippen LogP) is 3.29. The van der Waals surface area contributed by atoms with Crippen molar-refractivity contribution in [3.63, 3.8) is 0 Å². The van der Waals surface area contributed by atoms with Gasteiger partial charge in [0.15, 0.2) is 0 Å². The number of benzene rings is 1. The Balaban J connectivity index is 1.58. The van der Waals surface area contributed by atoms with Gasteiger partial charge in [-0.15, -0.1) is 0 Å². The smallest absolute Gasteiger partial charge is 0.130 e. The van der Waals surface area contributed by atoms with Crippen LogP contribution in [0.5, 0.6) is 0 Å². The largest absolute Gasteiger partial charge is 0.399 e. The average Bonchev–Trinajstić information content (AvgIpc) is 2.90. The minimum absolute atomic E-state index is 0.239. The Morgan fingerprint density at radius 1 is 1.22 bits per heavy atom. The van der Waals surface area contributed by atoms with Gasteiger partial charge in [0.25, 0.3) is 0 Å². The molecule has 23 heavy (non-hydrogen) atoms. The highest BCUT2D eigenvalue weighted by Crippen LogP contribution is 2.51. The number of pyridine rings is 1. The number of hydrogen-bond acceptors (Lipinski definition) is 4. The minimum Gasteiger partial charge on any atom is -0.399 e. The zero-order valence-electron chi connectivity index (χ0n) is 13.5. The van der Waals surface area contributed by atoms with Crippen molar-refractivity contribution in [2.45, 2.75) is 30.8 Å². The van der Waals surface area contributed by atoms with Crippen LogP contribution in [0.25, 0.3) is 0 Å². The number of piperidine rings is 1. The number of ether oxygens (including phenoxy) is 1. The van der Waals surface area contributed by atoms with E-state index in [1.807, 2.05) is 19.2 Å². The van der Waals surface area contributed by atoms with Gasteiger partial charge < -0.3 is 15.4 Å². The molecule has 2 aromatic rings. The molecule has 4 rings (SSSR count). The van der Waals surface area contributed by atoms with Crippen molar-refractivity contribution >= 4 is 11.5 Å².